The zero-order chi connectivity index (χ0) is 47.9. The molecule has 0 spiro atoms. The van der Waals surface area contributed by atoms with Gasteiger partial charge in [-0.1, -0.05) is 65.3 Å². The number of fused-ring (bicyclic) bond motifs is 3. The number of methoxy groups -OCH3 is 3. The molecular formula is C50H85NO12Si. The van der Waals surface area contributed by atoms with Gasteiger partial charge in [-0.05, 0) is 114 Å². The van der Waals surface area contributed by atoms with Crippen molar-refractivity contribution in [3.63, 3.8) is 0 Å². The highest BCUT2D eigenvalue weighted by Crippen LogP contribution is 2.42. The van der Waals surface area contributed by atoms with Crippen molar-refractivity contribution in [2.45, 2.75) is 205 Å². The SMILES string of the molecule is C=CC[C@@H]1/C=C(/C)C[C@H](C)C[C@H](OC)C2O[C@@](O)(C(=O)C(=O)N3CCCC[C@H]3C(=O)O[C@H]([C@@H](C)[C@H](O)/C(C)=C/[C@@H]3CC[C@@H](O[Si](C)(C)C(C)(C)C)[C@@H](OC)C3)CC1O)[C@H](C)C[C@H]2OC. The molecule has 2 unspecified atom stereocenters. The highest BCUT2D eigenvalue weighted by molar-refractivity contribution is 6.74. The summed E-state index contributed by atoms with van der Waals surface area (Å²) in [4.78, 5) is 44.2. The molecule has 4 aliphatic rings. The lowest BCUT2D eigenvalue weighted by molar-refractivity contribution is -0.302. The van der Waals surface area contributed by atoms with Crippen LogP contribution in [0.3, 0.4) is 0 Å². The Morgan fingerprint density at radius 3 is 2.23 bits per heavy atom. The Morgan fingerprint density at radius 2 is 1.62 bits per heavy atom. The van der Waals surface area contributed by atoms with Crippen LogP contribution in [0.5, 0.6) is 0 Å². The molecule has 1 aliphatic carbocycles. The van der Waals surface area contributed by atoms with Crippen molar-refractivity contribution in [1.29, 1.82) is 0 Å². The van der Waals surface area contributed by atoms with Crippen molar-refractivity contribution in [2.24, 2.45) is 29.6 Å². The molecule has 3 N–H and O–H groups in total. The Balaban J connectivity index is 1.69. The number of aliphatic hydroxyl groups excluding tert-OH is 2. The lowest BCUT2D eigenvalue weighted by atomic mass is 9.81. The van der Waals surface area contributed by atoms with Gasteiger partial charge in [-0.2, -0.15) is 0 Å². The molecular weight excluding hydrogens is 835 g/mol. The molecule has 15 atom stereocenters. The number of esters is 1. The molecule has 4 rings (SSSR count). The van der Waals surface area contributed by atoms with Gasteiger partial charge in [0.1, 0.15) is 18.2 Å². The van der Waals surface area contributed by atoms with Gasteiger partial charge in [0, 0.05) is 52.0 Å². The van der Waals surface area contributed by atoms with Crippen molar-refractivity contribution in [1.82, 2.24) is 4.90 Å². The van der Waals surface area contributed by atoms with Crippen LogP contribution in [0.1, 0.15) is 126 Å². The van der Waals surface area contributed by atoms with E-state index < -0.39 is 86.3 Å². The first-order chi connectivity index (χ1) is 29.9. The van der Waals surface area contributed by atoms with E-state index in [4.69, 9.17) is 28.1 Å². The van der Waals surface area contributed by atoms with E-state index in [1.165, 1.54) is 4.90 Å². The number of hydrogen-bond acceptors (Lipinski definition) is 12. The van der Waals surface area contributed by atoms with Gasteiger partial charge < -0.3 is 48.3 Å². The molecule has 0 radical (unpaired) electrons. The summed E-state index contributed by atoms with van der Waals surface area (Å²) in [5.41, 5.74) is 1.75. The Kier molecular flexibility index (Phi) is 19.7. The molecule has 64 heavy (non-hydrogen) atoms. The van der Waals surface area contributed by atoms with E-state index in [0.29, 0.717) is 32.1 Å². The first-order valence-corrected chi connectivity index (χ1v) is 26.9. The Labute approximate surface area is 385 Å². The van der Waals surface area contributed by atoms with Crippen LogP contribution < -0.4 is 0 Å². The van der Waals surface area contributed by atoms with Gasteiger partial charge in [0.2, 0.25) is 5.79 Å². The number of hydrogen-bond donors (Lipinski definition) is 3. The highest BCUT2D eigenvalue weighted by atomic mass is 28.4. The van der Waals surface area contributed by atoms with Crippen molar-refractivity contribution in [2.75, 3.05) is 27.9 Å². The number of amides is 1. The normalized spacial score (nSPS) is 37.8. The smallest absolute Gasteiger partial charge is 0.329 e. The van der Waals surface area contributed by atoms with Gasteiger partial charge in [0.15, 0.2) is 8.32 Å². The number of carbonyl (C=O) groups excluding carboxylic acids is 3. The van der Waals surface area contributed by atoms with Crippen molar-refractivity contribution >= 4 is 26.0 Å². The minimum absolute atomic E-state index is 0.00721. The molecule has 14 heteroatoms. The number of nitrogens with zero attached hydrogens (tertiary/aromatic N) is 1. The maximum atomic E-state index is 14.5. The van der Waals surface area contributed by atoms with Gasteiger partial charge in [-0.15, -0.1) is 6.58 Å². The fourth-order valence-electron chi connectivity index (χ4n) is 10.2. The van der Waals surface area contributed by atoms with Gasteiger partial charge >= 0.3 is 5.97 Å². The summed E-state index contributed by atoms with van der Waals surface area (Å²) < 4.78 is 37.2. The first-order valence-electron chi connectivity index (χ1n) is 24.0. The molecule has 0 aromatic heterocycles. The second-order valence-corrected chi connectivity index (χ2v) is 26.1. The molecule has 2 bridgehead atoms. The van der Waals surface area contributed by atoms with E-state index >= 15 is 0 Å². The molecule has 2 saturated heterocycles. The topological polar surface area (TPSA) is 171 Å². The Hall–Kier alpha value is -2.27. The first kappa shape index (κ1) is 54.3. The summed E-state index contributed by atoms with van der Waals surface area (Å²) in [7, 11) is 2.80. The van der Waals surface area contributed by atoms with Crippen molar-refractivity contribution < 1.29 is 57.8 Å². The maximum absolute atomic E-state index is 14.5. The quantitative estimate of drug-likeness (QED) is 0.0811. The second-order valence-electron chi connectivity index (χ2n) is 21.3. The summed E-state index contributed by atoms with van der Waals surface area (Å²) in [5.74, 6) is -7.09. The summed E-state index contributed by atoms with van der Waals surface area (Å²) in [6, 6.07) is -1.13. The number of carbonyl (C=O) groups is 3. The van der Waals surface area contributed by atoms with Gasteiger partial charge in [0.25, 0.3) is 11.7 Å². The zero-order valence-corrected chi connectivity index (χ0v) is 42.5. The van der Waals surface area contributed by atoms with Crippen LogP contribution in [-0.2, 0) is 42.5 Å². The number of rotatable bonds is 11. The number of aliphatic hydroxyl groups is 3. The van der Waals surface area contributed by atoms with Gasteiger partial charge in [-0.3, -0.25) is 9.59 Å². The van der Waals surface area contributed by atoms with Crippen LogP contribution in [0.25, 0.3) is 0 Å². The van der Waals surface area contributed by atoms with Crippen LogP contribution in [0.2, 0.25) is 18.1 Å². The number of ether oxygens (including phenoxy) is 5. The molecule has 1 amide bonds. The number of cyclic esters (lactones) is 1. The van der Waals surface area contributed by atoms with E-state index in [9.17, 15) is 29.7 Å². The van der Waals surface area contributed by atoms with Gasteiger partial charge in [-0.25, -0.2) is 4.79 Å². The van der Waals surface area contributed by atoms with Crippen molar-refractivity contribution in [3.05, 3.63) is 36.0 Å². The third-order valence-electron chi connectivity index (χ3n) is 15.3. The Bertz CT molecular complexity index is 1640. The summed E-state index contributed by atoms with van der Waals surface area (Å²) in [6.07, 6.45) is 6.48. The van der Waals surface area contributed by atoms with Crippen LogP contribution >= 0.6 is 0 Å². The van der Waals surface area contributed by atoms with Crippen LogP contribution in [0, 0.1) is 29.6 Å². The van der Waals surface area contributed by atoms with E-state index in [1.54, 1.807) is 34.3 Å². The zero-order valence-electron chi connectivity index (χ0n) is 41.5. The fourth-order valence-corrected chi connectivity index (χ4v) is 11.6. The lowest BCUT2D eigenvalue weighted by Gasteiger charge is -2.47. The lowest BCUT2D eigenvalue weighted by Crippen LogP contribution is -2.64. The maximum Gasteiger partial charge on any atom is 0.329 e. The molecule has 0 aromatic rings. The summed E-state index contributed by atoms with van der Waals surface area (Å²) in [5, 5.41) is 36.2. The third-order valence-corrected chi connectivity index (χ3v) is 19.8. The molecule has 3 aliphatic heterocycles. The molecule has 13 nitrogen and oxygen atoms in total. The van der Waals surface area contributed by atoms with E-state index in [2.05, 4.69) is 59.5 Å². The van der Waals surface area contributed by atoms with Gasteiger partial charge in [0.05, 0.1) is 36.6 Å². The van der Waals surface area contributed by atoms with Crippen molar-refractivity contribution in [3.8, 4) is 0 Å². The third kappa shape index (κ3) is 13.0. The predicted molar refractivity (Wildman–Crippen MR) is 250 cm³/mol. The van der Waals surface area contributed by atoms with Crippen LogP contribution in [0.4, 0.5) is 0 Å². The monoisotopic (exact) mass is 920 g/mol. The van der Waals surface area contributed by atoms with E-state index in [1.807, 2.05) is 20.8 Å². The second kappa shape index (κ2) is 23.2. The predicted octanol–water partition coefficient (Wildman–Crippen LogP) is 7.46. The minimum atomic E-state index is -2.49. The number of piperidine rings is 1. The molecule has 0 aromatic carbocycles. The molecule has 366 valence electrons. The fraction of sp³-hybridized carbons (Fsp3) is 0.820. The Morgan fingerprint density at radius 1 is 0.984 bits per heavy atom. The highest BCUT2D eigenvalue weighted by Gasteiger charge is 2.57. The number of Topliss-reactive ketones (excluding diaryl/α,β-unsaturated/α-hetero) is 1. The molecule has 3 fully saturated rings. The van der Waals surface area contributed by atoms with Crippen LogP contribution in [0.15, 0.2) is 36.0 Å². The molecule has 3 heterocycles. The number of ketones is 1. The average molecular weight is 920 g/mol. The van der Waals surface area contributed by atoms with E-state index in [0.717, 1.165) is 30.4 Å². The number of allylic oxidation sites excluding steroid dienone is 3. The average Bonchev–Trinajstić information content (AvgIpc) is 3.24. The summed E-state index contributed by atoms with van der Waals surface area (Å²) >= 11 is 0. The largest absolute Gasteiger partial charge is 0.460 e. The molecule has 1 saturated carbocycles. The summed E-state index contributed by atoms with van der Waals surface area (Å²) in [6.45, 7) is 24.7. The standard InChI is InChI=1S/C50H85NO12Si/c1-15-18-36-24-30(2)23-31(3)25-42(59-11)45-43(60-12)27-33(5)50(57,62-45)46(54)47(55)51-22-17-16-19-37(51)48(56)61-40(29-38(36)52)34(6)44(53)32(4)26-35-20-21-39(41(28-35)58-10)63-64(13,14)49(7,8)9/h15,24,26,31,33-45,52-53,57H,1,16-23,25,27-29H2,2-14H3/b30-24-,32-26+/t31-,33+,34+,35-,36+,37-,38?,39+,40-,41-,42-,43+,44+,45?,50+/m0/s1. The van der Waals surface area contributed by atoms with Crippen LogP contribution in [-0.4, -0.2) is 135 Å². The minimum Gasteiger partial charge on any atom is -0.460 e. The van der Waals surface area contributed by atoms with E-state index in [-0.39, 0.29) is 60.8 Å².